The van der Waals surface area contributed by atoms with Gasteiger partial charge < -0.3 is 10.1 Å². The molecule has 0 bridgehead atoms. The Kier molecular flexibility index (Phi) is 3.07. The smallest absolute Gasteiger partial charge is 0.217 e. The third-order valence-corrected chi connectivity index (χ3v) is 4.52. The summed E-state index contributed by atoms with van der Waals surface area (Å²) >= 11 is 0. The fourth-order valence-corrected chi connectivity index (χ4v) is 3.30. The lowest BCUT2D eigenvalue weighted by molar-refractivity contribution is 0.414. The number of nitrogens with one attached hydrogen (secondary N) is 1. The van der Waals surface area contributed by atoms with Gasteiger partial charge in [0.1, 0.15) is 0 Å². The Hall–Kier alpha value is -3.26. The quantitative estimate of drug-likeness (QED) is 0.591. The number of aryl methyl sites for hydroxylation is 2. The zero-order valence-electron chi connectivity index (χ0n) is 13.5. The van der Waals surface area contributed by atoms with E-state index in [9.17, 15) is 5.11 Å². The largest absolute Gasteiger partial charge is 0.493 e. The summed E-state index contributed by atoms with van der Waals surface area (Å²) in [6.07, 6.45) is 1.93. The van der Waals surface area contributed by atoms with Gasteiger partial charge in [0.2, 0.25) is 5.88 Å². The molecular weight excluding hydrogens is 300 g/mol. The van der Waals surface area contributed by atoms with E-state index in [1.54, 1.807) is 22.9 Å². The topological polar surface area (TPSA) is 77.6 Å². The molecule has 0 atom stereocenters. The third kappa shape index (κ3) is 2.04. The van der Waals surface area contributed by atoms with E-state index >= 15 is 0 Å². The van der Waals surface area contributed by atoms with Crippen LogP contribution in [0.4, 0.5) is 0 Å². The third-order valence-electron chi connectivity index (χ3n) is 4.52. The first-order chi connectivity index (χ1) is 11.6. The van der Waals surface area contributed by atoms with Crippen LogP contribution in [0.3, 0.4) is 0 Å². The van der Waals surface area contributed by atoms with E-state index in [2.05, 4.69) is 42.1 Å². The van der Waals surface area contributed by atoms with Gasteiger partial charge >= 0.3 is 0 Å². The van der Waals surface area contributed by atoms with Gasteiger partial charge in [-0.1, -0.05) is 6.07 Å². The molecule has 0 aliphatic carbocycles. The van der Waals surface area contributed by atoms with Crippen molar-refractivity contribution in [1.82, 2.24) is 14.8 Å². The van der Waals surface area contributed by atoms with Gasteiger partial charge in [-0.15, -0.1) is 0 Å². The molecule has 5 heteroatoms. The van der Waals surface area contributed by atoms with Crippen LogP contribution >= 0.6 is 0 Å². The van der Waals surface area contributed by atoms with Crippen LogP contribution in [-0.2, 0) is 6.54 Å². The van der Waals surface area contributed by atoms with E-state index < -0.39 is 0 Å². The van der Waals surface area contributed by atoms with E-state index in [-0.39, 0.29) is 5.88 Å². The van der Waals surface area contributed by atoms with Crippen LogP contribution in [0.5, 0.6) is 5.88 Å². The number of H-pyrrole nitrogens is 1. The molecule has 0 radical (unpaired) electrons. The zero-order valence-corrected chi connectivity index (χ0v) is 13.5. The fraction of sp³-hybridized carbons (Fsp3) is 0.158. The molecule has 0 saturated heterocycles. The minimum atomic E-state index is 0.0887. The molecule has 2 aromatic carbocycles. The molecule has 2 heterocycles. The van der Waals surface area contributed by atoms with Crippen molar-refractivity contribution < 1.29 is 5.11 Å². The van der Waals surface area contributed by atoms with Crippen LogP contribution in [0.2, 0.25) is 0 Å². The van der Waals surface area contributed by atoms with Crippen molar-refractivity contribution in [2.45, 2.75) is 20.4 Å². The summed E-state index contributed by atoms with van der Waals surface area (Å²) in [5.41, 5.74) is 5.79. The predicted octanol–water partition coefficient (Wildman–Crippen LogP) is 3.76. The molecule has 118 valence electrons. The molecular formula is C19H16N4O. The summed E-state index contributed by atoms with van der Waals surface area (Å²) in [6, 6.07) is 11.4. The number of aromatic hydroxyl groups is 1. The number of fused-ring (bicyclic) bond motifs is 2. The Bertz CT molecular complexity index is 1130. The molecule has 0 fully saturated rings. The van der Waals surface area contributed by atoms with Crippen molar-refractivity contribution in [3.05, 3.63) is 58.8 Å². The Morgan fingerprint density at radius 1 is 1.17 bits per heavy atom. The van der Waals surface area contributed by atoms with Crippen LogP contribution in [0.1, 0.15) is 22.3 Å². The van der Waals surface area contributed by atoms with E-state index in [1.165, 1.54) is 5.56 Å². The van der Waals surface area contributed by atoms with E-state index in [1.807, 2.05) is 6.20 Å². The summed E-state index contributed by atoms with van der Waals surface area (Å²) < 4.78 is 1.59. The summed E-state index contributed by atoms with van der Waals surface area (Å²) in [4.78, 5) is 3.27. The van der Waals surface area contributed by atoms with Gasteiger partial charge in [0.15, 0.2) is 0 Å². The average Bonchev–Trinajstić information content (AvgIpc) is 3.17. The van der Waals surface area contributed by atoms with Crippen molar-refractivity contribution in [1.29, 1.82) is 5.26 Å². The lowest BCUT2D eigenvalue weighted by Gasteiger charge is -2.11. The first kappa shape index (κ1) is 14.3. The van der Waals surface area contributed by atoms with Gasteiger partial charge in [-0.25, -0.2) is 4.68 Å². The van der Waals surface area contributed by atoms with Crippen LogP contribution in [0, 0.1) is 25.2 Å². The van der Waals surface area contributed by atoms with Gasteiger partial charge in [0.25, 0.3) is 0 Å². The second kappa shape index (κ2) is 5.14. The molecule has 0 spiro atoms. The number of hydrogen-bond donors (Lipinski definition) is 2. The molecule has 0 saturated carbocycles. The lowest BCUT2D eigenvalue weighted by Crippen LogP contribution is -2.04. The van der Waals surface area contributed by atoms with Crippen LogP contribution < -0.4 is 0 Å². The Balaban J connectivity index is 1.87. The molecule has 2 aromatic heterocycles. The molecule has 4 rings (SSSR count). The summed E-state index contributed by atoms with van der Waals surface area (Å²) in [7, 11) is 0. The molecule has 4 aromatic rings. The van der Waals surface area contributed by atoms with Crippen LogP contribution in [-0.4, -0.2) is 19.9 Å². The zero-order chi connectivity index (χ0) is 16.8. The maximum atomic E-state index is 10.5. The van der Waals surface area contributed by atoms with E-state index in [4.69, 9.17) is 5.26 Å². The first-order valence-corrected chi connectivity index (χ1v) is 7.74. The Morgan fingerprint density at radius 2 is 2.00 bits per heavy atom. The second-order valence-corrected chi connectivity index (χ2v) is 6.08. The maximum Gasteiger partial charge on any atom is 0.217 e. The Morgan fingerprint density at radius 3 is 2.79 bits per heavy atom. The predicted molar refractivity (Wildman–Crippen MR) is 93.0 cm³/mol. The molecule has 5 nitrogen and oxygen atoms in total. The summed E-state index contributed by atoms with van der Waals surface area (Å²) in [5, 5.41) is 25.8. The minimum Gasteiger partial charge on any atom is -0.493 e. The SMILES string of the molecule is Cc1cc(C)c2[nH]ccc2c1Cn1nc2ccc(C#N)cc2c1O. The number of benzene rings is 2. The average molecular weight is 316 g/mol. The van der Waals surface area contributed by atoms with Gasteiger partial charge in [-0.3, -0.25) is 0 Å². The normalized spacial score (nSPS) is 11.2. The molecule has 0 aliphatic rings. The number of aromatic nitrogens is 3. The highest BCUT2D eigenvalue weighted by Gasteiger charge is 2.15. The van der Waals surface area contributed by atoms with Crippen molar-refractivity contribution in [3.8, 4) is 11.9 Å². The fourth-order valence-electron chi connectivity index (χ4n) is 3.30. The Labute approximate surface area is 138 Å². The van der Waals surface area contributed by atoms with E-state index in [0.717, 1.165) is 22.0 Å². The van der Waals surface area contributed by atoms with Gasteiger partial charge in [0, 0.05) is 17.1 Å². The highest BCUT2D eigenvalue weighted by molar-refractivity contribution is 5.88. The highest BCUT2D eigenvalue weighted by Crippen LogP contribution is 2.30. The second-order valence-electron chi connectivity index (χ2n) is 6.08. The molecule has 2 N–H and O–H groups in total. The number of rotatable bonds is 2. The molecule has 0 amide bonds. The number of hydrogen-bond acceptors (Lipinski definition) is 3. The number of nitriles is 1. The number of nitrogens with zero attached hydrogens (tertiary/aromatic N) is 3. The van der Waals surface area contributed by atoms with Crippen molar-refractivity contribution >= 4 is 21.8 Å². The first-order valence-electron chi connectivity index (χ1n) is 7.74. The lowest BCUT2D eigenvalue weighted by atomic mass is 10.0. The summed E-state index contributed by atoms with van der Waals surface area (Å²) in [6.45, 7) is 4.63. The number of aromatic amines is 1. The van der Waals surface area contributed by atoms with Gasteiger partial charge in [-0.2, -0.15) is 10.4 Å². The van der Waals surface area contributed by atoms with Crippen LogP contribution in [0.15, 0.2) is 36.5 Å². The standard InChI is InChI=1S/C19H16N4O/c1-11-7-12(2)18-14(5-6-21-18)16(11)10-23-19(24)15-8-13(9-20)3-4-17(15)22-23/h3-8,21,24H,10H2,1-2H3. The van der Waals surface area contributed by atoms with E-state index in [0.29, 0.717) is 23.0 Å². The van der Waals surface area contributed by atoms with Gasteiger partial charge in [0.05, 0.1) is 29.1 Å². The van der Waals surface area contributed by atoms with Crippen LogP contribution in [0.25, 0.3) is 21.8 Å². The van der Waals surface area contributed by atoms with Crippen molar-refractivity contribution in [2.75, 3.05) is 0 Å². The minimum absolute atomic E-state index is 0.0887. The molecule has 24 heavy (non-hydrogen) atoms. The van der Waals surface area contributed by atoms with Crippen molar-refractivity contribution in [3.63, 3.8) is 0 Å². The molecule has 0 unspecified atom stereocenters. The van der Waals surface area contributed by atoms with Gasteiger partial charge in [-0.05, 0) is 54.8 Å². The molecule has 0 aliphatic heterocycles. The summed E-state index contributed by atoms with van der Waals surface area (Å²) in [5.74, 6) is 0.0887. The highest BCUT2D eigenvalue weighted by atomic mass is 16.3. The monoisotopic (exact) mass is 316 g/mol. The maximum absolute atomic E-state index is 10.5. The van der Waals surface area contributed by atoms with Crippen molar-refractivity contribution in [2.24, 2.45) is 0 Å².